The summed E-state index contributed by atoms with van der Waals surface area (Å²) in [5.41, 5.74) is 5.46. The fourth-order valence-electron chi connectivity index (χ4n) is 1.89. The number of amides is 1. The summed E-state index contributed by atoms with van der Waals surface area (Å²) in [6.07, 6.45) is 0. The molecule has 0 saturated heterocycles. The van der Waals surface area contributed by atoms with Crippen LogP contribution < -0.4 is 5.73 Å². The largest absolute Gasteiger partial charge is 0.398 e. The molecular weight excluding hydrogens is 254 g/mol. The molecule has 4 nitrogen and oxygen atoms in total. The summed E-state index contributed by atoms with van der Waals surface area (Å²) in [4.78, 5) is 13.8. The van der Waals surface area contributed by atoms with Gasteiger partial charge < -0.3 is 15.4 Å². The van der Waals surface area contributed by atoms with Crippen molar-refractivity contribution in [2.75, 3.05) is 26.0 Å². The van der Waals surface area contributed by atoms with Crippen molar-refractivity contribution in [2.45, 2.75) is 19.9 Å². The van der Waals surface area contributed by atoms with Crippen LogP contribution in [0.3, 0.4) is 0 Å². The molecule has 2 N–H and O–H groups in total. The molecule has 1 amide bonds. The highest BCUT2D eigenvalue weighted by molar-refractivity contribution is 5.99. The van der Waals surface area contributed by atoms with E-state index in [1.54, 1.807) is 13.8 Å². The van der Waals surface area contributed by atoms with Crippen LogP contribution in [0.4, 0.5) is 14.5 Å². The van der Waals surface area contributed by atoms with E-state index in [0.29, 0.717) is 13.2 Å². The molecule has 0 aliphatic rings. The van der Waals surface area contributed by atoms with Gasteiger partial charge in [-0.05, 0) is 19.9 Å². The number of carbonyl (C=O) groups excluding carboxylic acids is 1. The lowest BCUT2D eigenvalue weighted by Crippen LogP contribution is -2.41. The Hall–Kier alpha value is -1.69. The first-order valence-electron chi connectivity index (χ1n) is 5.96. The Bertz CT molecular complexity index is 466. The molecule has 1 aromatic rings. The second kappa shape index (κ2) is 6.47. The molecule has 6 heteroatoms. The zero-order valence-corrected chi connectivity index (χ0v) is 11.2. The van der Waals surface area contributed by atoms with Crippen LogP contribution in [-0.2, 0) is 4.74 Å². The summed E-state index contributed by atoms with van der Waals surface area (Å²) in [5, 5.41) is 0. The van der Waals surface area contributed by atoms with Crippen molar-refractivity contribution in [1.29, 1.82) is 0 Å². The Kier molecular flexibility index (Phi) is 5.23. The Morgan fingerprint density at radius 2 is 2.00 bits per heavy atom. The van der Waals surface area contributed by atoms with Crippen molar-refractivity contribution in [3.8, 4) is 0 Å². The summed E-state index contributed by atoms with van der Waals surface area (Å²) >= 11 is 0. The first-order valence-corrected chi connectivity index (χ1v) is 5.96. The van der Waals surface area contributed by atoms with Crippen LogP contribution in [0.1, 0.15) is 24.2 Å². The minimum Gasteiger partial charge on any atom is -0.398 e. The van der Waals surface area contributed by atoms with Crippen molar-refractivity contribution in [2.24, 2.45) is 0 Å². The van der Waals surface area contributed by atoms with Gasteiger partial charge in [-0.25, -0.2) is 8.78 Å². The summed E-state index contributed by atoms with van der Waals surface area (Å²) in [7, 11) is 1.53. The van der Waals surface area contributed by atoms with Crippen LogP contribution >= 0.6 is 0 Å². The Morgan fingerprint density at radius 1 is 1.42 bits per heavy atom. The fourth-order valence-corrected chi connectivity index (χ4v) is 1.89. The maximum Gasteiger partial charge on any atom is 0.256 e. The van der Waals surface area contributed by atoms with E-state index in [2.05, 4.69) is 0 Å². The van der Waals surface area contributed by atoms with Crippen molar-refractivity contribution >= 4 is 11.6 Å². The first kappa shape index (κ1) is 15.4. The Balaban J connectivity index is 3.07. The summed E-state index contributed by atoms with van der Waals surface area (Å²) in [5.74, 6) is -2.60. The maximum atomic E-state index is 13.2. The molecule has 19 heavy (non-hydrogen) atoms. The summed E-state index contributed by atoms with van der Waals surface area (Å²) in [6.45, 7) is 4.37. The molecule has 1 aromatic carbocycles. The predicted octanol–water partition coefficient (Wildman–Crippen LogP) is 2.04. The third kappa shape index (κ3) is 3.41. The minimum atomic E-state index is -1.09. The highest BCUT2D eigenvalue weighted by Gasteiger charge is 2.23. The smallest absolute Gasteiger partial charge is 0.256 e. The van der Waals surface area contributed by atoms with Crippen LogP contribution in [0, 0.1) is 11.6 Å². The summed E-state index contributed by atoms with van der Waals surface area (Å²) < 4.78 is 31.2. The minimum absolute atomic E-state index is 0.0382. The molecule has 0 radical (unpaired) electrons. The van der Waals surface area contributed by atoms with Gasteiger partial charge >= 0.3 is 0 Å². The third-order valence-corrected chi connectivity index (χ3v) is 2.86. The first-order chi connectivity index (χ1) is 8.92. The molecule has 0 spiro atoms. The topological polar surface area (TPSA) is 55.6 Å². The van der Waals surface area contributed by atoms with E-state index in [9.17, 15) is 13.6 Å². The molecule has 0 aliphatic carbocycles. The highest BCUT2D eigenvalue weighted by Crippen LogP contribution is 2.19. The molecule has 1 rings (SSSR count). The molecule has 106 valence electrons. The number of anilines is 1. The number of benzene rings is 1. The normalized spacial score (nSPS) is 12.3. The number of likely N-dealkylation sites (N-methyl/N-ethyl adjacent to an activating group) is 1. The van der Waals surface area contributed by atoms with Crippen LogP contribution in [0.25, 0.3) is 0 Å². The average molecular weight is 272 g/mol. The lowest BCUT2D eigenvalue weighted by Gasteiger charge is -2.28. The van der Waals surface area contributed by atoms with Crippen LogP contribution in [0.5, 0.6) is 0 Å². The zero-order chi connectivity index (χ0) is 14.6. The van der Waals surface area contributed by atoms with E-state index in [4.69, 9.17) is 10.5 Å². The van der Waals surface area contributed by atoms with E-state index < -0.39 is 17.5 Å². The second-order valence-corrected chi connectivity index (χ2v) is 4.25. The van der Waals surface area contributed by atoms with Gasteiger partial charge in [0.15, 0.2) is 11.6 Å². The van der Waals surface area contributed by atoms with Crippen LogP contribution in [-0.4, -0.2) is 37.1 Å². The highest BCUT2D eigenvalue weighted by atomic mass is 19.2. The van der Waals surface area contributed by atoms with E-state index in [1.165, 1.54) is 12.0 Å². The number of ether oxygens (including phenoxy) is 1. The SMILES string of the molecule is CCN(C(=O)c1cc(F)c(F)cc1N)C(C)COC. The van der Waals surface area contributed by atoms with Crippen LogP contribution in [0.15, 0.2) is 12.1 Å². The number of halogens is 2. The van der Waals surface area contributed by atoms with E-state index in [-0.39, 0.29) is 17.3 Å². The predicted molar refractivity (Wildman–Crippen MR) is 68.8 cm³/mol. The van der Waals surface area contributed by atoms with Gasteiger partial charge in [-0.2, -0.15) is 0 Å². The van der Waals surface area contributed by atoms with Gasteiger partial charge in [0.05, 0.1) is 18.2 Å². The van der Waals surface area contributed by atoms with Crippen molar-refractivity contribution < 1.29 is 18.3 Å². The number of nitrogens with two attached hydrogens (primary N) is 1. The molecule has 0 aromatic heterocycles. The molecule has 0 bridgehead atoms. The molecular formula is C13H18F2N2O2. The van der Waals surface area contributed by atoms with Crippen molar-refractivity contribution in [3.63, 3.8) is 0 Å². The molecule has 0 aliphatic heterocycles. The molecule has 0 heterocycles. The van der Waals surface area contributed by atoms with Gasteiger partial charge in [-0.1, -0.05) is 0 Å². The average Bonchev–Trinajstić information content (AvgIpc) is 2.34. The van der Waals surface area contributed by atoms with Gasteiger partial charge in [0, 0.05) is 25.4 Å². The van der Waals surface area contributed by atoms with Gasteiger partial charge in [0.25, 0.3) is 5.91 Å². The van der Waals surface area contributed by atoms with Gasteiger partial charge in [-0.15, -0.1) is 0 Å². The number of methoxy groups -OCH3 is 1. The number of nitrogen functional groups attached to an aromatic ring is 1. The van der Waals surface area contributed by atoms with Crippen LogP contribution in [0.2, 0.25) is 0 Å². The lowest BCUT2D eigenvalue weighted by molar-refractivity contribution is 0.0579. The van der Waals surface area contributed by atoms with E-state index >= 15 is 0 Å². The van der Waals surface area contributed by atoms with E-state index in [1.807, 2.05) is 0 Å². The fraction of sp³-hybridized carbons (Fsp3) is 0.462. The van der Waals surface area contributed by atoms with Crippen molar-refractivity contribution in [1.82, 2.24) is 4.90 Å². The summed E-state index contributed by atoms with van der Waals surface area (Å²) in [6, 6.07) is 1.46. The number of carbonyl (C=O) groups is 1. The molecule has 1 unspecified atom stereocenters. The van der Waals surface area contributed by atoms with E-state index in [0.717, 1.165) is 12.1 Å². The van der Waals surface area contributed by atoms with Gasteiger partial charge in [0.1, 0.15) is 0 Å². The quantitative estimate of drug-likeness (QED) is 0.835. The lowest BCUT2D eigenvalue weighted by atomic mass is 10.1. The molecule has 0 fully saturated rings. The zero-order valence-electron chi connectivity index (χ0n) is 11.2. The molecule has 1 atom stereocenters. The number of nitrogens with zero attached hydrogens (tertiary/aromatic N) is 1. The number of hydrogen-bond donors (Lipinski definition) is 1. The molecule has 0 saturated carbocycles. The Labute approximate surface area is 111 Å². The van der Waals surface area contributed by atoms with Crippen molar-refractivity contribution in [3.05, 3.63) is 29.3 Å². The number of hydrogen-bond acceptors (Lipinski definition) is 3. The third-order valence-electron chi connectivity index (χ3n) is 2.86. The monoisotopic (exact) mass is 272 g/mol. The second-order valence-electron chi connectivity index (χ2n) is 4.25. The Morgan fingerprint density at radius 3 is 2.53 bits per heavy atom. The van der Waals surface area contributed by atoms with Gasteiger partial charge in [-0.3, -0.25) is 4.79 Å². The van der Waals surface area contributed by atoms with Gasteiger partial charge in [0.2, 0.25) is 0 Å². The number of rotatable bonds is 5. The standard InChI is InChI=1S/C13H18F2N2O2/c1-4-17(8(2)7-19-3)13(18)9-5-10(14)11(15)6-12(9)16/h5-6,8H,4,7,16H2,1-3H3. The maximum absolute atomic E-state index is 13.2.